The summed E-state index contributed by atoms with van der Waals surface area (Å²) in [5.74, 6) is -0.173. The van der Waals surface area contributed by atoms with E-state index in [0.717, 1.165) is 8.66 Å². The summed E-state index contributed by atoms with van der Waals surface area (Å²) >= 11 is 4.94. The highest BCUT2D eigenvalue weighted by molar-refractivity contribution is 9.11. The molecule has 0 radical (unpaired) electrons. The third-order valence-corrected chi connectivity index (χ3v) is 3.93. The predicted octanol–water partition coefficient (Wildman–Crippen LogP) is 1.99. The first kappa shape index (κ1) is 13.0. The molecule has 0 aliphatic carbocycles. The van der Waals surface area contributed by atoms with Crippen molar-refractivity contribution >= 4 is 33.2 Å². The van der Waals surface area contributed by atoms with Crippen molar-refractivity contribution in [3.05, 3.63) is 55.5 Å². The second kappa shape index (κ2) is 5.97. The molecule has 0 unspecified atom stereocenters. The molecular formula is C12H11BrN2O2S. The Bertz CT molecular complexity index is 606. The van der Waals surface area contributed by atoms with E-state index in [1.165, 1.54) is 10.6 Å². The highest BCUT2D eigenvalue weighted by Crippen LogP contribution is 2.21. The first-order valence-electron chi connectivity index (χ1n) is 5.31. The van der Waals surface area contributed by atoms with Crippen LogP contribution in [-0.2, 0) is 17.9 Å². The van der Waals surface area contributed by atoms with Crippen LogP contribution >= 0.6 is 27.3 Å². The van der Waals surface area contributed by atoms with Crippen LogP contribution in [0.1, 0.15) is 4.88 Å². The van der Waals surface area contributed by atoms with E-state index in [0.29, 0.717) is 6.54 Å². The fourth-order valence-electron chi connectivity index (χ4n) is 1.43. The third kappa shape index (κ3) is 3.54. The lowest BCUT2D eigenvalue weighted by Gasteiger charge is -2.05. The lowest BCUT2D eigenvalue weighted by atomic mass is 10.4. The molecule has 0 spiro atoms. The van der Waals surface area contributed by atoms with Crippen LogP contribution in [0.5, 0.6) is 0 Å². The molecule has 0 saturated carbocycles. The Morgan fingerprint density at radius 2 is 2.17 bits per heavy atom. The minimum absolute atomic E-state index is 0.0478. The van der Waals surface area contributed by atoms with Crippen molar-refractivity contribution in [2.45, 2.75) is 13.1 Å². The van der Waals surface area contributed by atoms with Gasteiger partial charge in [0.25, 0.3) is 5.56 Å². The third-order valence-electron chi connectivity index (χ3n) is 2.30. The van der Waals surface area contributed by atoms with Gasteiger partial charge in [0.05, 0.1) is 10.3 Å². The van der Waals surface area contributed by atoms with Gasteiger partial charge >= 0.3 is 0 Å². The summed E-state index contributed by atoms with van der Waals surface area (Å²) in [5, 5.41) is 2.78. The number of hydrogen-bond acceptors (Lipinski definition) is 3. The molecule has 0 aromatic carbocycles. The topological polar surface area (TPSA) is 51.1 Å². The van der Waals surface area contributed by atoms with Crippen molar-refractivity contribution in [2.24, 2.45) is 0 Å². The Balaban J connectivity index is 1.90. The number of carbonyl (C=O) groups excluding carboxylic acids is 1. The molecule has 4 nitrogen and oxygen atoms in total. The highest BCUT2D eigenvalue weighted by atomic mass is 79.9. The molecule has 2 aromatic rings. The van der Waals surface area contributed by atoms with Gasteiger partial charge in [-0.15, -0.1) is 11.3 Å². The van der Waals surface area contributed by atoms with Crippen LogP contribution in [-0.4, -0.2) is 10.5 Å². The summed E-state index contributed by atoms with van der Waals surface area (Å²) in [6.45, 7) is 0.531. The van der Waals surface area contributed by atoms with Gasteiger partial charge in [-0.1, -0.05) is 6.07 Å². The first-order valence-corrected chi connectivity index (χ1v) is 6.92. The Morgan fingerprint density at radius 3 is 2.83 bits per heavy atom. The van der Waals surface area contributed by atoms with E-state index >= 15 is 0 Å². The zero-order valence-electron chi connectivity index (χ0n) is 9.43. The van der Waals surface area contributed by atoms with Crippen molar-refractivity contribution in [2.75, 3.05) is 0 Å². The maximum Gasteiger partial charge on any atom is 0.250 e. The minimum Gasteiger partial charge on any atom is -0.350 e. The van der Waals surface area contributed by atoms with E-state index in [2.05, 4.69) is 21.2 Å². The lowest BCUT2D eigenvalue weighted by molar-refractivity contribution is -0.121. The van der Waals surface area contributed by atoms with Crippen molar-refractivity contribution in [3.8, 4) is 0 Å². The number of halogens is 1. The van der Waals surface area contributed by atoms with Gasteiger partial charge in [0.2, 0.25) is 5.91 Å². The summed E-state index contributed by atoms with van der Waals surface area (Å²) < 4.78 is 2.41. The van der Waals surface area contributed by atoms with Crippen molar-refractivity contribution in [1.82, 2.24) is 9.88 Å². The number of thiophene rings is 1. The quantitative estimate of drug-likeness (QED) is 0.934. The lowest BCUT2D eigenvalue weighted by Crippen LogP contribution is -2.31. The van der Waals surface area contributed by atoms with E-state index < -0.39 is 0 Å². The highest BCUT2D eigenvalue weighted by Gasteiger charge is 2.04. The normalized spacial score (nSPS) is 10.3. The molecule has 0 atom stereocenters. The molecule has 1 amide bonds. The Labute approximate surface area is 116 Å². The number of hydrogen-bond donors (Lipinski definition) is 1. The van der Waals surface area contributed by atoms with Gasteiger partial charge in [0.15, 0.2) is 0 Å². The number of aromatic nitrogens is 1. The van der Waals surface area contributed by atoms with E-state index in [1.807, 2.05) is 12.1 Å². The minimum atomic E-state index is -0.175. The second-order valence-electron chi connectivity index (χ2n) is 3.65. The first-order chi connectivity index (χ1) is 8.65. The van der Waals surface area contributed by atoms with Gasteiger partial charge in [-0.05, 0) is 34.1 Å². The van der Waals surface area contributed by atoms with Gasteiger partial charge in [0, 0.05) is 17.1 Å². The molecule has 0 bridgehead atoms. The average Bonchev–Trinajstić information content (AvgIpc) is 2.76. The number of nitrogens with one attached hydrogen (secondary N) is 1. The number of amides is 1. The summed E-state index contributed by atoms with van der Waals surface area (Å²) in [7, 11) is 0. The number of nitrogens with zero attached hydrogens (tertiary/aromatic N) is 1. The summed E-state index contributed by atoms with van der Waals surface area (Å²) in [4.78, 5) is 24.1. The zero-order valence-corrected chi connectivity index (χ0v) is 11.8. The van der Waals surface area contributed by atoms with E-state index in [1.54, 1.807) is 29.7 Å². The SMILES string of the molecule is O=C(Cn1ccccc1=O)NCc1ccc(Br)s1. The Morgan fingerprint density at radius 1 is 1.33 bits per heavy atom. The van der Waals surface area contributed by atoms with Crippen molar-refractivity contribution in [3.63, 3.8) is 0 Å². The summed E-state index contributed by atoms with van der Waals surface area (Å²) in [6.07, 6.45) is 1.60. The molecule has 2 aromatic heterocycles. The van der Waals surface area contributed by atoms with Crippen LogP contribution in [0, 0.1) is 0 Å². The van der Waals surface area contributed by atoms with Gasteiger partial charge in [-0.25, -0.2) is 0 Å². The summed E-state index contributed by atoms with van der Waals surface area (Å²) in [5.41, 5.74) is -0.175. The Kier molecular flexibility index (Phi) is 4.33. The van der Waals surface area contributed by atoms with Crippen molar-refractivity contribution in [1.29, 1.82) is 0 Å². The molecule has 2 heterocycles. The smallest absolute Gasteiger partial charge is 0.250 e. The number of pyridine rings is 1. The van der Waals surface area contributed by atoms with Crippen LogP contribution in [0.4, 0.5) is 0 Å². The second-order valence-corrected chi connectivity index (χ2v) is 6.20. The van der Waals surface area contributed by atoms with E-state index in [4.69, 9.17) is 0 Å². The maximum atomic E-state index is 11.7. The fraction of sp³-hybridized carbons (Fsp3) is 0.167. The van der Waals surface area contributed by atoms with E-state index in [9.17, 15) is 9.59 Å². The maximum absolute atomic E-state index is 11.7. The molecule has 2 rings (SSSR count). The zero-order chi connectivity index (χ0) is 13.0. The monoisotopic (exact) mass is 326 g/mol. The predicted molar refractivity (Wildman–Crippen MR) is 74.6 cm³/mol. The molecule has 1 N–H and O–H groups in total. The number of rotatable bonds is 4. The van der Waals surface area contributed by atoms with Crippen LogP contribution in [0.15, 0.2) is 45.1 Å². The van der Waals surface area contributed by atoms with Crippen molar-refractivity contribution < 1.29 is 4.79 Å². The molecule has 6 heteroatoms. The van der Waals surface area contributed by atoms with Gasteiger partial charge in [0.1, 0.15) is 6.54 Å². The average molecular weight is 327 g/mol. The molecule has 0 saturated heterocycles. The van der Waals surface area contributed by atoms with Gasteiger partial charge in [-0.3, -0.25) is 9.59 Å². The standard InChI is InChI=1S/C12H11BrN2O2S/c13-10-5-4-9(18-10)7-14-11(16)8-15-6-2-1-3-12(15)17/h1-6H,7-8H2,(H,14,16). The molecule has 0 aliphatic heterocycles. The molecule has 18 heavy (non-hydrogen) atoms. The van der Waals surface area contributed by atoms with Crippen LogP contribution in [0.3, 0.4) is 0 Å². The van der Waals surface area contributed by atoms with Crippen LogP contribution < -0.4 is 10.9 Å². The van der Waals surface area contributed by atoms with Gasteiger partial charge in [-0.2, -0.15) is 0 Å². The molecule has 0 aliphatic rings. The fourth-order valence-corrected chi connectivity index (χ4v) is 2.86. The molecular weight excluding hydrogens is 316 g/mol. The largest absolute Gasteiger partial charge is 0.350 e. The summed E-state index contributed by atoms with van der Waals surface area (Å²) in [6, 6.07) is 8.70. The molecule has 94 valence electrons. The van der Waals surface area contributed by atoms with Gasteiger partial charge < -0.3 is 9.88 Å². The van der Waals surface area contributed by atoms with Crippen LogP contribution in [0.2, 0.25) is 0 Å². The van der Waals surface area contributed by atoms with Crippen LogP contribution in [0.25, 0.3) is 0 Å². The van der Waals surface area contributed by atoms with E-state index in [-0.39, 0.29) is 18.0 Å². The Hall–Kier alpha value is -1.40. The molecule has 0 fully saturated rings. The number of carbonyl (C=O) groups is 1.